The fraction of sp³-hybridized carbons (Fsp3) is 0.111. The molecule has 2 aliphatic rings. The molecule has 1 aliphatic heterocycles. The molecule has 0 bridgehead atoms. The molecule has 4 aromatic carbocycles. The van der Waals surface area contributed by atoms with Crippen LogP contribution in [-0.2, 0) is 5.41 Å². The van der Waals surface area contributed by atoms with Crippen LogP contribution in [0.15, 0.2) is 84.9 Å². The quantitative estimate of drug-likeness (QED) is 0.300. The second-order valence-electron chi connectivity index (χ2n) is 8.30. The van der Waals surface area contributed by atoms with Gasteiger partial charge in [0, 0.05) is 16.0 Å². The standard InChI is InChI=1S/C27H21OP/c1-27(2)21-13-4-3-9-17(21)18-10-7-11-19(25(18)27)20-12-8-15-23-26(20)29-24-16-6-5-14-22(24)28-23/h3-16,29H,1-2H3. The predicted molar refractivity (Wildman–Crippen MR) is 124 cm³/mol. The van der Waals surface area contributed by atoms with Crippen LogP contribution < -0.4 is 15.3 Å². The zero-order chi connectivity index (χ0) is 19.6. The first-order chi connectivity index (χ1) is 14.1. The highest BCUT2D eigenvalue weighted by Gasteiger charge is 2.37. The Hall–Kier alpha value is -2.89. The van der Waals surface area contributed by atoms with E-state index in [0.717, 1.165) is 11.5 Å². The Morgan fingerprint density at radius 1 is 0.621 bits per heavy atom. The molecule has 29 heavy (non-hydrogen) atoms. The number of para-hydroxylation sites is 1. The molecule has 4 aromatic rings. The van der Waals surface area contributed by atoms with Crippen LogP contribution in [0, 0.1) is 0 Å². The van der Waals surface area contributed by atoms with Gasteiger partial charge in [-0.2, -0.15) is 0 Å². The molecule has 1 heterocycles. The van der Waals surface area contributed by atoms with E-state index in [-0.39, 0.29) is 5.41 Å². The van der Waals surface area contributed by atoms with Crippen molar-refractivity contribution in [2.45, 2.75) is 19.3 Å². The van der Waals surface area contributed by atoms with Gasteiger partial charge < -0.3 is 4.74 Å². The highest BCUT2D eigenvalue weighted by atomic mass is 31.1. The summed E-state index contributed by atoms with van der Waals surface area (Å²) >= 11 is 0. The van der Waals surface area contributed by atoms with Gasteiger partial charge in [0.1, 0.15) is 11.5 Å². The first-order valence-electron chi connectivity index (χ1n) is 10.1. The molecular weight excluding hydrogens is 371 g/mol. The molecule has 2 heteroatoms. The molecular formula is C27H21OP. The van der Waals surface area contributed by atoms with E-state index in [9.17, 15) is 0 Å². The van der Waals surface area contributed by atoms with Gasteiger partial charge in [-0.3, -0.25) is 0 Å². The van der Waals surface area contributed by atoms with Gasteiger partial charge in [0.15, 0.2) is 0 Å². The Morgan fingerprint density at radius 2 is 1.24 bits per heavy atom. The van der Waals surface area contributed by atoms with Crippen molar-refractivity contribution in [3.63, 3.8) is 0 Å². The van der Waals surface area contributed by atoms with Gasteiger partial charge >= 0.3 is 0 Å². The van der Waals surface area contributed by atoms with Crippen molar-refractivity contribution in [2.24, 2.45) is 0 Å². The van der Waals surface area contributed by atoms with E-state index in [1.54, 1.807) is 0 Å². The lowest BCUT2D eigenvalue weighted by Gasteiger charge is -2.27. The maximum atomic E-state index is 6.28. The molecule has 1 nitrogen and oxygen atoms in total. The fourth-order valence-corrected chi connectivity index (χ4v) is 6.27. The zero-order valence-corrected chi connectivity index (χ0v) is 17.5. The fourth-order valence-electron chi connectivity index (χ4n) is 4.95. The molecule has 0 aromatic heterocycles. The second kappa shape index (κ2) is 6.05. The first kappa shape index (κ1) is 17.0. The number of hydrogen-bond acceptors (Lipinski definition) is 1. The Kier molecular flexibility index (Phi) is 3.55. The SMILES string of the molecule is CC1(C)c2ccccc2-c2cccc(-c3cccc4c3Pc3ccccc3O4)c21. The Bertz CT molecular complexity index is 1290. The number of benzene rings is 4. The van der Waals surface area contributed by atoms with Crippen molar-refractivity contribution < 1.29 is 4.74 Å². The minimum atomic E-state index is -0.0260. The van der Waals surface area contributed by atoms with Crippen molar-refractivity contribution in [2.75, 3.05) is 0 Å². The zero-order valence-electron chi connectivity index (χ0n) is 16.5. The number of fused-ring (bicyclic) bond motifs is 5. The molecule has 0 N–H and O–H groups in total. The molecule has 1 unspecified atom stereocenters. The summed E-state index contributed by atoms with van der Waals surface area (Å²) in [5.74, 6) is 1.98. The minimum absolute atomic E-state index is 0.0260. The smallest absolute Gasteiger partial charge is 0.135 e. The summed E-state index contributed by atoms with van der Waals surface area (Å²) in [6.45, 7) is 4.70. The van der Waals surface area contributed by atoms with Crippen molar-refractivity contribution in [3.05, 3.63) is 96.1 Å². The summed E-state index contributed by atoms with van der Waals surface area (Å²) in [6.07, 6.45) is 0. The van der Waals surface area contributed by atoms with E-state index in [1.807, 2.05) is 6.07 Å². The highest BCUT2D eigenvalue weighted by molar-refractivity contribution is 7.56. The maximum Gasteiger partial charge on any atom is 0.135 e. The van der Waals surface area contributed by atoms with Crippen LogP contribution in [0.1, 0.15) is 25.0 Å². The monoisotopic (exact) mass is 392 g/mol. The molecule has 1 atom stereocenters. The Labute approximate surface area is 173 Å². The third kappa shape index (κ3) is 2.38. The summed E-state index contributed by atoms with van der Waals surface area (Å²) in [4.78, 5) is 0. The number of ether oxygens (including phenoxy) is 1. The molecule has 1 aliphatic carbocycles. The number of hydrogen-bond donors (Lipinski definition) is 0. The van der Waals surface area contributed by atoms with Crippen molar-refractivity contribution in [1.82, 2.24) is 0 Å². The van der Waals surface area contributed by atoms with Gasteiger partial charge in [-0.15, -0.1) is 0 Å². The van der Waals surface area contributed by atoms with Crippen molar-refractivity contribution >= 4 is 19.2 Å². The molecule has 0 amide bonds. The van der Waals surface area contributed by atoms with Crippen LogP contribution >= 0.6 is 8.58 Å². The van der Waals surface area contributed by atoms with Crippen LogP contribution in [0.4, 0.5) is 0 Å². The Balaban J connectivity index is 1.59. The second-order valence-corrected chi connectivity index (χ2v) is 9.59. The van der Waals surface area contributed by atoms with Gasteiger partial charge in [0.05, 0.1) is 0 Å². The molecule has 140 valence electrons. The van der Waals surface area contributed by atoms with Crippen LogP contribution in [0.3, 0.4) is 0 Å². The third-order valence-electron chi connectivity index (χ3n) is 6.26. The molecule has 0 saturated carbocycles. The third-order valence-corrected chi connectivity index (χ3v) is 7.71. The summed E-state index contributed by atoms with van der Waals surface area (Å²) in [5, 5.41) is 2.59. The van der Waals surface area contributed by atoms with Crippen LogP contribution in [0.5, 0.6) is 11.5 Å². The molecule has 0 radical (unpaired) electrons. The largest absolute Gasteiger partial charge is 0.456 e. The minimum Gasteiger partial charge on any atom is -0.456 e. The lowest BCUT2D eigenvalue weighted by molar-refractivity contribution is 0.489. The topological polar surface area (TPSA) is 9.23 Å². The van der Waals surface area contributed by atoms with Crippen LogP contribution in [-0.4, -0.2) is 0 Å². The van der Waals surface area contributed by atoms with Crippen molar-refractivity contribution in [3.8, 4) is 33.8 Å². The molecule has 0 fully saturated rings. The van der Waals surface area contributed by atoms with Gasteiger partial charge in [-0.1, -0.05) is 95.2 Å². The summed E-state index contributed by atoms with van der Waals surface area (Å²) in [6, 6.07) is 30.5. The molecule has 0 spiro atoms. The summed E-state index contributed by atoms with van der Waals surface area (Å²) in [7, 11) is 0.599. The van der Waals surface area contributed by atoms with Crippen molar-refractivity contribution in [1.29, 1.82) is 0 Å². The number of rotatable bonds is 1. The molecule has 6 rings (SSSR count). The van der Waals surface area contributed by atoms with E-state index < -0.39 is 0 Å². The predicted octanol–water partition coefficient (Wildman–Crippen LogP) is 6.39. The normalized spacial score (nSPS) is 15.8. The lowest BCUT2D eigenvalue weighted by Crippen LogP contribution is -2.20. The highest BCUT2D eigenvalue weighted by Crippen LogP contribution is 2.52. The van der Waals surface area contributed by atoms with Gasteiger partial charge in [0.2, 0.25) is 0 Å². The summed E-state index contributed by atoms with van der Waals surface area (Å²) in [5.41, 5.74) is 8.17. The summed E-state index contributed by atoms with van der Waals surface area (Å²) < 4.78 is 6.28. The van der Waals surface area contributed by atoms with E-state index in [2.05, 4.69) is 92.7 Å². The first-order valence-corrected chi connectivity index (χ1v) is 11.1. The van der Waals surface area contributed by atoms with Gasteiger partial charge in [0.25, 0.3) is 0 Å². The van der Waals surface area contributed by atoms with Gasteiger partial charge in [-0.05, 0) is 45.5 Å². The Morgan fingerprint density at radius 3 is 2.14 bits per heavy atom. The van der Waals surface area contributed by atoms with Gasteiger partial charge in [-0.25, -0.2) is 0 Å². The average molecular weight is 392 g/mol. The van der Waals surface area contributed by atoms with Crippen LogP contribution in [0.25, 0.3) is 22.3 Å². The average Bonchev–Trinajstić information content (AvgIpc) is 2.99. The lowest BCUT2D eigenvalue weighted by atomic mass is 9.79. The van der Waals surface area contributed by atoms with Crippen LogP contribution in [0.2, 0.25) is 0 Å². The maximum absolute atomic E-state index is 6.28. The van der Waals surface area contributed by atoms with E-state index in [0.29, 0.717) is 8.58 Å². The van der Waals surface area contributed by atoms with E-state index in [4.69, 9.17) is 4.74 Å². The van der Waals surface area contributed by atoms with E-state index in [1.165, 1.54) is 44.0 Å². The molecule has 0 saturated heterocycles. The van der Waals surface area contributed by atoms with E-state index >= 15 is 0 Å².